The number of nitrogens with zero attached hydrogens (tertiary/aromatic N) is 2. The quantitative estimate of drug-likeness (QED) is 0.813. The number of aryl methyl sites for hydroxylation is 1. The maximum Gasteiger partial charge on any atom is 0.0994 e. The van der Waals surface area contributed by atoms with E-state index in [0.717, 1.165) is 43.7 Å². The van der Waals surface area contributed by atoms with E-state index in [2.05, 4.69) is 35.3 Å². The van der Waals surface area contributed by atoms with Crippen LogP contribution in [0.1, 0.15) is 18.1 Å². The van der Waals surface area contributed by atoms with Gasteiger partial charge in [0.15, 0.2) is 0 Å². The Hall–Kier alpha value is -1.53. The lowest BCUT2D eigenvalue weighted by molar-refractivity contribution is 0.589. The van der Waals surface area contributed by atoms with Crippen LogP contribution in [0.5, 0.6) is 0 Å². The van der Waals surface area contributed by atoms with Crippen LogP contribution in [0, 0.1) is 11.3 Å². The summed E-state index contributed by atoms with van der Waals surface area (Å²) in [7, 11) is 0. The lowest BCUT2D eigenvalue weighted by Gasteiger charge is -2.29. The second-order valence-corrected chi connectivity index (χ2v) is 4.04. The Balaban J connectivity index is 2.25. The highest BCUT2D eigenvalue weighted by Gasteiger charge is 2.11. The Kier molecular flexibility index (Phi) is 3.43. The van der Waals surface area contributed by atoms with Gasteiger partial charge < -0.3 is 10.2 Å². The first-order valence-corrected chi connectivity index (χ1v) is 5.84. The van der Waals surface area contributed by atoms with E-state index < -0.39 is 0 Å². The van der Waals surface area contributed by atoms with Crippen LogP contribution in [0.4, 0.5) is 5.69 Å². The molecule has 1 fully saturated rings. The topological polar surface area (TPSA) is 39.1 Å². The lowest BCUT2D eigenvalue weighted by atomic mass is 10.0. The van der Waals surface area contributed by atoms with Gasteiger partial charge in [0.2, 0.25) is 0 Å². The average Bonchev–Trinajstić information content (AvgIpc) is 2.39. The van der Waals surface area contributed by atoms with E-state index in [1.54, 1.807) is 0 Å². The zero-order valence-corrected chi connectivity index (χ0v) is 9.66. The van der Waals surface area contributed by atoms with Crippen LogP contribution in [0.3, 0.4) is 0 Å². The molecule has 0 saturated carbocycles. The molecule has 1 aliphatic heterocycles. The third kappa shape index (κ3) is 2.17. The number of rotatable bonds is 2. The first kappa shape index (κ1) is 11.0. The minimum atomic E-state index is 0.807. The second kappa shape index (κ2) is 5.00. The molecule has 0 amide bonds. The molecule has 0 atom stereocenters. The van der Waals surface area contributed by atoms with Gasteiger partial charge in [-0.3, -0.25) is 0 Å². The molecule has 1 saturated heterocycles. The molecule has 3 heteroatoms. The summed E-state index contributed by atoms with van der Waals surface area (Å²) >= 11 is 0. The summed E-state index contributed by atoms with van der Waals surface area (Å²) in [5, 5.41) is 12.3. The summed E-state index contributed by atoms with van der Waals surface area (Å²) in [4.78, 5) is 2.37. The summed E-state index contributed by atoms with van der Waals surface area (Å²) < 4.78 is 0. The first-order valence-electron chi connectivity index (χ1n) is 5.84. The van der Waals surface area contributed by atoms with Gasteiger partial charge in [0.1, 0.15) is 0 Å². The normalized spacial score (nSPS) is 15.9. The largest absolute Gasteiger partial charge is 0.369 e. The van der Waals surface area contributed by atoms with Crippen molar-refractivity contribution in [2.75, 3.05) is 31.1 Å². The molecule has 0 unspecified atom stereocenters. The van der Waals surface area contributed by atoms with Gasteiger partial charge in [0.25, 0.3) is 0 Å². The van der Waals surface area contributed by atoms with E-state index in [1.165, 1.54) is 5.69 Å². The number of benzene rings is 1. The van der Waals surface area contributed by atoms with Crippen LogP contribution < -0.4 is 10.2 Å². The van der Waals surface area contributed by atoms with Crippen molar-refractivity contribution in [1.82, 2.24) is 5.32 Å². The molecular formula is C13H17N3. The molecule has 0 aromatic heterocycles. The Labute approximate surface area is 96.7 Å². The maximum absolute atomic E-state index is 8.98. The molecule has 2 rings (SSSR count). The second-order valence-electron chi connectivity index (χ2n) is 4.04. The number of hydrogen-bond acceptors (Lipinski definition) is 3. The molecule has 0 bridgehead atoms. The lowest BCUT2D eigenvalue weighted by Crippen LogP contribution is -2.43. The Bertz CT molecular complexity index is 400. The van der Waals surface area contributed by atoms with E-state index in [-0.39, 0.29) is 0 Å². The van der Waals surface area contributed by atoms with E-state index in [1.807, 2.05) is 6.07 Å². The van der Waals surface area contributed by atoms with Gasteiger partial charge in [-0.1, -0.05) is 6.92 Å². The molecule has 0 aliphatic carbocycles. The molecule has 1 aromatic rings. The van der Waals surface area contributed by atoms with Gasteiger partial charge in [-0.2, -0.15) is 5.26 Å². The smallest absolute Gasteiger partial charge is 0.0994 e. The van der Waals surface area contributed by atoms with Crippen LogP contribution >= 0.6 is 0 Å². The highest BCUT2D eigenvalue weighted by molar-refractivity contribution is 5.54. The number of piperazine rings is 1. The van der Waals surface area contributed by atoms with Crippen LogP contribution in [0.15, 0.2) is 18.2 Å². The summed E-state index contributed by atoms with van der Waals surface area (Å²) in [6.45, 7) is 6.28. The maximum atomic E-state index is 8.98. The van der Waals surface area contributed by atoms with Crippen molar-refractivity contribution in [2.45, 2.75) is 13.3 Å². The van der Waals surface area contributed by atoms with Crippen molar-refractivity contribution in [1.29, 1.82) is 5.26 Å². The third-order valence-corrected chi connectivity index (χ3v) is 3.07. The third-order valence-electron chi connectivity index (χ3n) is 3.07. The van der Waals surface area contributed by atoms with E-state index >= 15 is 0 Å². The highest BCUT2D eigenvalue weighted by atomic mass is 15.2. The van der Waals surface area contributed by atoms with Crippen molar-refractivity contribution >= 4 is 5.69 Å². The zero-order chi connectivity index (χ0) is 11.4. The Morgan fingerprint density at radius 3 is 2.75 bits per heavy atom. The molecule has 1 heterocycles. The molecular weight excluding hydrogens is 198 g/mol. The van der Waals surface area contributed by atoms with Crippen LogP contribution in [-0.4, -0.2) is 26.2 Å². The summed E-state index contributed by atoms with van der Waals surface area (Å²) in [5.41, 5.74) is 3.21. The van der Waals surface area contributed by atoms with Crippen LogP contribution in [0.2, 0.25) is 0 Å². The number of anilines is 1. The standard InChI is InChI=1S/C13H17N3/c1-2-11-9-13(4-3-12(11)10-14)16-7-5-15-6-8-16/h3-4,9,15H,2,5-8H2,1H3. The average molecular weight is 215 g/mol. The van der Waals surface area contributed by atoms with Crippen molar-refractivity contribution in [3.8, 4) is 6.07 Å². The minimum Gasteiger partial charge on any atom is -0.369 e. The van der Waals surface area contributed by atoms with E-state index in [0.29, 0.717) is 0 Å². The number of hydrogen-bond donors (Lipinski definition) is 1. The van der Waals surface area contributed by atoms with Crippen molar-refractivity contribution in [2.24, 2.45) is 0 Å². The minimum absolute atomic E-state index is 0.807. The van der Waals surface area contributed by atoms with E-state index in [4.69, 9.17) is 5.26 Å². The fourth-order valence-corrected chi connectivity index (χ4v) is 2.10. The van der Waals surface area contributed by atoms with Gasteiger partial charge in [0, 0.05) is 31.9 Å². The fraction of sp³-hybridized carbons (Fsp3) is 0.462. The molecule has 1 aromatic carbocycles. The van der Waals surface area contributed by atoms with Gasteiger partial charge in [0.05, 0.1) is 11.6 Å². The van der Waals surface area contributed by atoms with E-state index in [9.17, 15) is 0 Å². The zero-order valence-electron chi connectivity index (χ0n) is 9.66. The molecule has 84 valence electrons. The number of nitriles is 1. The van der Waals surface area contributed by atoms with Crippen LogP contribution in [-0.2, 0) is 6.42 Å². The van der Waals surface area contributed by atoms with Gasteiger partial charge in [-0.25, -0.2) is 0 Å². The SMILES string of the molecule is CCc1cc(N2CCNCC2)ccc1C#N. The first-order chi connectivity index (χ1) is 7.85. The van der Waals surface area contributed by atoms with Gasteiger partial charge in [-0.05, 0) is 30.2 Å². The molecule has 1 N–H and O–H groups in total. The monoisotopic (exact) mass is 215 g/mol. The molecule has 0 spiro atoms. The molecule has 16 heavy (non-hydrogen) atoms. The number of nitrogens with one attached hydrogen (secondary N) is 1. The van der Waals surface area contributed by atoms with Crippen molar-refractivity contribution in [3.05, 3.63) is 29.3 Å². The molecule has 3 nitrogen and oxygen atoms in total. The summed E-state index contributed by atoms with van der Waals surface area (Å²) in [6, 6.07) is 8.40. The van der Waals surface area contributed by atoms with Gasteiger partial charge >= 0.3 is 0 Å². The van der Waals surface area contributed by atoms with Gasteiger partial charge in [-0.15, -0.1) is 0 Å². The molecule has 0 radical (unpaired) electrons. The molecule has 1 aliphatic rings. The Morgan fingerprint density at radius 1 is 1.38 bits per heavy atom. The van der Waals surface area contributed by atoms with Crippen LogP contribution in [0.25, 0.3) is 0 Å². The predicted octanol–water partition coefficient (Wildman–Crippen LogP) is 1.53. The summed E-state index contributed by atoms with van der Waals surface area (Å²) in [6.07, 6.45) is 0.919. The summed E-state index contributed by atoms with van der Waals surface area (Å²) in [5.74, 6) is 0. The Morgan fingerprint density at radius 2 is 2.12 bits per heavy atom. The van der Waals surface area contributed by atoms with Crippen molar-refractivity contribution in [3.63, 3.8) is 0 Å². The van der Waals surface area contributed by atoms with Crippen molar-refractivity contribution < 1.29 is 0 Å². The predicted molar refractivity (Wildman–Crippen MR) is 65.6 cm³/mol. The highest BCUT2D eigenvalue weighted by Crippen LogP contribution is 2.20. The fourth-order valence-electron chi connectivity index (χ4n) is 2.10.